The van der Waals surface area contributed by atoms with E-state index in [0.29, 0.717) is 13.2 Å². The first-order valence-corrected chi connectivity index (χ1v) is 12.0. The van der Waals surface area contributed by atoms with Gasteiger partial charge in [-0.15, -0.1) is 11.3 Å². The standard InChI is InChI=1S/C18H18IN3O2S2/c1-22(2)17-7-3-13(12-20-17)4-8-18-21-15-6-5-14(11-16(15)25-18)23-9-10-24-26-19/h3-8,11-12H,9-10H2,1-2H3/b8-4+. The number of ether oxygens (including phenoxy) is 1. The van der Waals surface area contributed by atoms with Crippen LogP contribution in [0.3, 0.4) is 0 Å². The molecule has 0 aliphatic rings. The van der Waals surface area contributed by atoms with Gasteiger partial charge in [-0.2, -0.15) is 0 Å². The lowest BCUT2D eigenvalue weighted by atomic mass is 10.2. The monoisotopic (exact) mass is 499 g/mol. The molecule has 0 saturated carbocycles. The summed E-state index contributed by atoms with van der Waals surface area (Å²) < 4.78 is 12.0. The number of anilines is 1. The van der Waals surface area contributed by atoms with Crippen molar-refractivity contribution >= 4 is 69.9 Å². The van der Waals surface area contributed by atoms with E-state index in [9.17, 15) is 0 Å². The molecule has 3 rings (SSSR count). The van der Waals surface area contributed by atoms with E-state index in [4.69, 9.17) is 8.92 Å². The molecule has 0 radical (unpaired) electrons. The van der Waals surface area contributed by atoms with Crippen LogP contribution in [0.4, 0.5) is 5.82 Å². The molecule has 5 nitrogen and oxygen atoms in total. The number of rotatable bonds is 8. The third-order valence-corrected chi connectivity index (χ3v) is 5.51. The summed E-state index contributed by atoms with van der Waals surface area (Å²) in [6, 6.07) is 10.0. The minimum Gasteiger partial charge on any atom is -0.491 e. The molecular formula is C18H18IN3O2S2. The van der Waals surface area contributed by atoms with Gasteiger partial charge >= 0.3 is 0 Å². The zero-order chi connectivity index (χ0) is 18.4. The third-order valence-electron chi connectivity index (χ3n) is 3.50. The van der Waals surface area contributed by atoms with Crippen molar-refractivity contribution in [1.29, 1.82) is 0 Å². The Labute approximate surface area is 173 Å². The van der Waals surface area contributed by atoms with Gasteiger partial charge in [0.1, 0.15) is 23.2 Å². The highest BCUT2D eigenvalue weighted by Gasteiger charge is 2.04. The Morgan fingerprint density at radius 3 is 2.81 bits per heavy atom. The first-order valence-electron chi connectivity index (χ1n) is 7.91. The summed E-state index contributed by atoms with van der Waals surface area (Å²) >= 11 is 3.73. The minimum atomic E-state index is 0.531. The van der Waals surface area contributed by atoms with Crippen LogP contribution >= 0.6 is 41.8 Å². The molecule has 0 aliphatic carbocycles. The van der Waals surface area contributed by atoms with Crippen LogP contribution in [-0.4, -0.2) is 37.3 Å². The molecule has 0 saturated heterocycles. The van der Waals surface area contributed by atoms with Crippen molar-refractivity contribution in [3.63, 3.8) is 0 Å². The molecule has 0 aliphatic heterocycles. The molecule has 0 atom stereocenters. The van der Waals surface area contributed by atoms with Gasteiger partial charge in [-0.3, -0.25) is 0 Å². The van der Waals surface area contributed by atoms with Crippen LogP contribution in [0.5, 0.6) is 5.75 Å². The summed E-state index contributed by atoms with van der Waals surface area (Å²) in [4.78, 5) is 11.0. The fraction of sp³-hybridized carbons (Fsp3) is 0.222. The van der Waals surface area contributed by atoms with E-state index in [2.05, 4.69) is 31.2 Å². The van der Waals surface area contributed by atoms with Crippen LogP contribution in [0.15, 0.2) is 36.5 Å². The fourth-order valence-corrected chi connectivity index (χ4v) is 3.81. The quantitative estimate of drug-likeness (QED) is 0.238. The highest BCUT2D eigenvalue weighted by molar-refractivity contribution is 14.2. The molecule has 2 aromatic heterocycles. The first-order chi connectivity index (χ1) is 12.7. The van der Waals surface area contributed by atoms with Gasteiger partial charge in [0.15, 0.2) is 0 Å². The van der Waals surface area contributed by atoms with Crippen LogP contribution in [0.2, 0.25) is 0 Å². The first kappa shape index (κ1) is 19.4. The lowest BCUT2D eigenvalue weighted by Crippen LogP contribution is -2.09. The maximum Gasteiger partial charge on any atom is 0.127 e. The molecule has 26 heavy (non-hydrogen) atoms. The zero-order valence-electron chi connectivity index (χ0n) is 14.4. The van der Waals surface area contributed by atoms with E-state index in [1.807, 2.05) is 67.7 Å². The number of pyridine rings is 1. The van der Waals surface area contributed by atoms with Gasteiger partial charge in [-0.25, -0.2) is 9.97 Å². The zero-order valence-corrected chi connectivity index (χ0v) is 18.2. The van der Waals surface area contributed by atoms with Crippen molar-refractivity contribution in [1.82, 2.24) is 9.97 Å². The summed E-state index contributed by atoms with van der Waals surface area (Å²) in [7, 11) is 5.27. The van der Waals surface area contributed by atoms with Crippen molar-refractivity contribution in [3.05, 3.63) is 47.1 Å². The molecule has 0 fully saturated rings. The van der Waals surface area contributed by atoms with Crippen LogP contribution in [0.25, 0.3) is 22.4 Å². The molecule has 1 aromatic carbocycles. The maximum absolute atomic E-state index is 5.69. The number of aromatic nitrogens is 2. The summed E-state index contributed by atoms with van der Waals surface area (Å²) in [5, 5.41) is 0.957. The van der Waals surface area contributed by atoms with Crippen LogP contribution in [0, 0.1) is 0 Å². The van der Waals surface area contributed by atoms with Crippen molar-refractivity contribution < 1.29 is 8.92 Å². The molecule has 0 amide bonds. The average molecular weight is 499 g/mol. The summed E-state index contributed by atoms with van der Waals surface area (Å²) in [6.07, 6.45) is 5.91. The molecular weight excluding hydrogens is 481 g/mol. The minimum absolute atomic E-state index is 0.531. The second-order valence-electron chi connectivity index (χ2n) is 5.59. The van der Waals surface area contributed by atoms with Gasteiger partial charge in [-0.05, 0) is 42.0 Å². The predicted molar refractivity (Wildman–Crippen MR) is 120 cm³/mol. The van der Waals surface area contributed by atoms with Gasteiger partial charge < -0.3 is 13.8 Å². The highest BCUT2D eigenvalue weighted by Crippen LogP contribution is 2.27. The highest BCUT2D eigenvalue weighted by atomic mass is 127. The molecule has 3 aromatic rings. The van der Waals surface area contributed by atoms with Gasteiger partial charge in [0.25, 0.3) is 0 Å². The lowest BCUT2D eigenvalue weighted by Gasteiger charge is -2.10. The molecule has 136 valence electrons. The number of thiazole rings is 1. The van der Waals surface area contributed by atoms with Gasteiger partial charge in [-0.1, -0.05) is 6.08 Å². The molecule has 0 bridgehead atoms. The second-order valence-corrected chi connectivity index (χ2v) is 8.10. The SMILES string of the molecule is CN(C)c1ccc(/C=C/c2nc3ccc(OCCOSI)cc3s2)cn1. The Hall–Kier alpha value is -1.36. The van der Waals surface area contributed by atoms with E-state index in [0.717, 1.165) is 32.4 Å². The molecule has 0 spiro atoms. The van der Waals surface area contributed by atoms with E-state index in [1.54, 1.807) is 11.3 Å². The van der Waals surface area contributed by atoms with Crippen molar-refractivity contribution in [2.24, 2.45) is 0 Å². The lowest BCUT2D eigenvalue weighted by molar-refractivity contribution is 0.241. The van der Waals surface area contributed by atoms with Crippen molar-refractivity contribution in [3.8, 4) is 5.75 Å². The molecule has 8 heteroatoms. The Morgan fingerprint density at radius 2 is 2.08 bits per heavy atom. The van der Waals surface area contributed by atoms with E-state index >= 15 is 0 Å². The van der Waals surface area contributed by atoms with Crippen molar-refractivity contribution in [2.75, 3.05) is 32.2 Å². The Morgan fingerprint density at radius 1 is 1.19 bits per heavy atom. The number of nitrogens with zero attached hydrogens (tertiary/aromatic N) is 3. The van der Waals surface area contributed by atoms with Crippen LogP contribution < -0.4 is 9.64 Å². The smallest absolute Gasteiger partial charge is 0.127 e. The van der Waals surface area contributed by atoms with E-state index in [1.165, 1.54) is 9.21 Å². The fourth-order valence-electron chi connectivity index (χ4n) is 2.24. The maximum atomic E-state index is 5.69. The van der Waals surface area contributed by atoms with E-state index in [-0.39, 0.29) is 0 Å². The van der Waals surface area contributed by atoms with Crippen LogP contribution in [-0.2, 0) is 4.18 Å². The number of hydrogen-bond acceptors (Lipinski definition) is 7. The number of fused-ring (bicyclic) bond motifs is 1. The van der Waals surface area contributed by atoms with Gasteiger partial charge in [0, 0.05) is 41.5 Å². The van der Waals surface area contributed by atoms with Gasteiger partial charge in [0.05, 0.1) is 26.0 Å². The third kappa shape index (κ3) is 5.32. The topological polar surface area (TPSA) is 47.5 Å². The Bertz CT molecular complexity index is 882. The van der Waals surface area contributed by atoms with Gasteiger partial charge in [0.2, 0.25) is 0 Å². The second kappa shape index (κ2) is 9.54. The Kier molecular flexibility index (Phi) is 7.12. The van der Waals surface area contributed by atoms with Crippen LogP contribution in [0.1, 0.15) is 10.6 Å². The number of hydrogen-bond donors (Lipinski definition) is 0. The Balaban J connectivity index is 1.68. The molecule has 0 N–H and O–H groups in total. The van der Waals surface area contributed by atoms with E-state index < -0.39 is 0 Å². The normalized spacial score (nSPS) is 11.3. The van der Waals surface area contributed by atoms with Crippen molar-refractivity contribution in [2.45, 2.75) is 0 Å². The largest absolute Gasteiger partial charge is 0.491 e. The average Bonchev–Trinajstić information content (AvgIpc) is 3.06. The number of halogens is 1. The molecule has 0 unspecified atom stereocenters. The summed E-state index contributed by atoms with van der Waals surface area (Å²) in [5.41, 5.74) is 2.02. The summed E-state index contributed by atoms with van der Waals surface area (Å²) in [6.45, 7) is 1.09. The number of benzene rings is 1. The predicted octanol–water partition coefficient (Wildman–Crippen LogP) is 5.32. The summed E-state index contributed by atoms with van der Waals surface area (Å²) in [5.74, 6) is 1.78. The molecule has 2 heterocycles.